The summed E-state index contributed by atoms with van der Waals surface area (Å²) in [6.07, 6.45) is 30.1. The molecule has 0 N–H and O–H groups in total. The van der Waals surface area contributed by atoms with E-state index in [1.807, 2.05) is 0 Å². The fraction of sp³-hybridized carbons (Fsp3) is 1.00. The largest absolute Gasteiger partial charge is 0.0654 e. The molecule has 0 aromatic carbocycles. The van der Waals surface area contributed by atoms with Crippen LogP contribution in [0, 0.1) is 29.6 Å². The highest BCUT2D eigenvalue weighted by molar-refractivity contribution is 4.83. The Morgan fingerprint density at radius 3 is 1.71 bits per heavy atom. The highest BCUT2D eigenvalue weighted by Gasteiger charge is 2.32. The molecule has 2 aliphatic rings. The van der Waals surface area contributed by atoms with Crippen molar-refractivity contribution in [2.75, 3.05) is 0 Å². The number of hydrogen-bond acceptors (Lipinski definition) is 0. The van der Waals surface area contributed by atoms with Crippen LogP contribution in [0.15, 0.2) is 0 Å². The maximum absolute atomic E-state index is 2.46. The lowest BCUT2D eigenvalue weighted by Gasteiger charge is -2.39. The first-order chi connectivity index (χ1) is 13.8. The Kier molecular flexibility index (Phi) is 12.9. The summed E-state index contributed by atoms with van der Waals surface area (Å²) in [7, 11) is 0. The predicted octanol–water partition coefficient (Wildman–Crippen LogP) is 9.96. The molecule has 0 amide bonds. The van der Waals surface area contributed by atoms with Gasteiger partial charge in [-0.05, 0) is 48.9 Å². The van der Waals surface area contributed by atoms with Crippen LogP contribution in [0.1, 0.15) is 149 Å². The molecule has 2 fully saturated rings. The Labute approximate surface area is 179 Å². The minimum Gasteiger partial charge on any atom is -0.0654 e. The Morgan fingerprint density at radius 1 is 0.500 bits per heavy atom. The normalized spacial score (nSPS) is 35.0. The van der Waals surface area contributed by atoms with E-state index in [-0.39, 0.29) is 0 Å². The van der Waals surface area contributed by atoms with Crippen molar-refractivity contribution in [1.82, 2.24) is 0 Å². The molecule has 5 unspecified atom stereocenters. The summed E-state index contributed by atoms with van der Waals surface area (Å²) in [5, 5.41) is 0. The van der Waals surface area contributed by atoms with Crippen molar-refractivity contribution in [2.24, 2.45) is 29.6 Å². The van der Waals surface area contributed by atoms with Gasteiger partial charge in [0.25, 0.3) is 0 Å². The molecule has 0 bridgehead atoms. The Balaban J connectivity index is 1.91. The van der Waals surface area contributed by atoms with Crippen molar-refractivity contribution >= 4 is 0 Å². The molecule has 2 aliphatic carbocycles. The summed E-state index contributed by atoms with van der Waals surface area (Å²) in [4.78, 5) is 0. The molecule has 0 aliphatic heterocycles. The predicted molar refractivity (Wildman–Crippen MR) is 127 cm³/mol. The van der Waals surface area contributed by atoms with Gasteiger partial charge in [-0.15, -0.1) is 0 Å². The van der Waals surface area contributed by atoms with Gasteiger partial charge < -0.3 is 0 Å². The van der Waals surface area contributed by atoms with Gasteiger partial charge in [-0.2, -0.15) is 0 Å². The lowest BCUT2D eigenvalue weighted by Crippen LogP contribution is -2.28. The molecule has 2 saturated carbocycles. The van der Waals surface area contributed by atoms with Gasteiger partial charge in [0, 0.05) is 0 Å². The quantitative estimate of drug-likeness (QED) is 0.438. The highest BCUT2D eigenvalue weighted by Crippen LogP contribution is 2.43. The van der Waals surface area contributed by atoms with Gasteiger partial charge in [0.15, 0.2) is 0 Å². The third-order valence-corrected chi connectivity index (χ3v) is 8.72. The first kappa shape index (κ1) is 24.3. The van der Waals surface area contributed by atoms with E-state index in [0.717, 1.165) is 29.6 Å². The van der Waals surface area contributed by atoms with Gasteiger partial charge in [-0.25, -0.2) is 0 Å². The maximum atomic E-state index is 2.46. The van der Waals surface area contributed by atoms with Crippen molar-refractivity contribution in [2.45, 2.75) is 149 Å². The second kappa shape index (κ2) is 14.9. The first-order valence-corrected chi connectivity index (χ1v) is 13.8. The zero-order chi connectivity index (χ0) is 20.0. The van der Waals surface area contributed by atoms with E-state index in [0.29, 0.717) is 0 Å². The molecule has 28 heavy (non-hydrogen) atoms. The fourth-order valence-electron chi connectivity index (χ4n) is 6.85. The minimum atomic E-state index is 1.04. The zero-order valence-corrected chi connectivity index (χ0v) is 20.0. The first-order valence-electron chi connectivity index (χ1n) is 13.8. The monoisotopic (exact) mass is 390 g/mol. The maximum Gasteiger partial charge on any atom is -0.0383 e. The van der Waals surface area contributed by atoms with Gasteiger partial charge in [-0.3, -0.25) is 0 Å². The molecule has 0 spiro atoms. The van der Waals surface area contributed by atoms with E-state index in [1.165, 1.54) is 103 Å². The van der Waals surface area contributed by atoms with Crippen molar-refractivity contribution in [3.8, 4) is 0 Å². The van der Waals surface area contributed by atoms with Crippen molar-refractivity contribution in [3.05, 3.63) is 0 Å². The van der Waals surface area contributed by atoms with Crippen LogP contribution in [0.4, 0.5) is 0 Å². The smallest absolute Gasteiger partial charge is 0.0383 e. The molecule has 0 saturated heterocycles. The molecule has 166 valence electrons. The van der Waals surface area contributed by atoms with E-state index in [4.69, 9.17) is 0 Å². The lowest BCUT2D eigenvalue weighted by atomic mass is 9.66. The van der Waals surface area contributed by atoms with Crippen LogP contribution in [0.2, 0.25) is 0 Å². The SMILES string of the molecule is CCCC1CCCCCCCCCCC(C2CCC(CC)C(CC)C2)CCC1. The van der Waals surface area contributed by atoms with Crippen molar-refractivity contribution < 1.29 is 0 Å². The summed E-state index contributed by atoms with van der Waals surface area (Å²) in [6.45, 7) is 7.29. The van der Waals surface area contributed by atoms with Gasteiger partial charge in [0.05, 0.1) is 0 Å². The van der Waals surface area contributed by atoms with Gasteiger partial charge in [-0.1, -0.05) is 130 Å². The average Bonchev–Trinajstić information content (AvgIpc) is 2.73. The van der Waals surface area contributed by atoms with Crippen LogP contribution in [0.3, 0.4) is 0 Å². The van der Waals surface area contributed by atoms with E-state index in [1.54, 1.807) is 25.7 Å². The fourth-order valence-corrected chi connectivity index (χ4v) is 6.85. The van der Waals surface area contributed by atoms with Crippen LogP contribution >= 0.6 is 0 Å². The molecule has 0 aromatic heterocycles. The Morgan fingerprint density at radius 2 is 1.07 bits per heavy atom. The second-order valence-electron chi connectivity index (χ2n) is 10.7. The Hall–Kier alpha value is 0. The molecule has 0 radical (unpaired) electrons. The molecular weight excluding hydrogens is 336 g/mol. The Bertz CT molecular complexity index is 359. The molecule has 2 rings (SSSR count). The van der Waals surface area contributed by atoms with E-state index in [9.17, 15) is 0 Å². The van der Waals surface area contributed by atoms with E-state index >= 15 is 0 Å². The standard InChI is InChI=1S/C28H54/c1-4-16-24-17-13-11-9-7-8-10-12-14-19-27(20-15-18-24)28-22-21-25(5-2)26(6-3)23-28/h24-28H,4-23H2,1-3H3. The van der Waals surface area contributed by atoms with E-state index < -0.39 is 0 Å². The van der Waals surface area contributed by atoms with Crippen molar-refractivity contribution in [1.29, 1.82) is 0 Å². The third-order valence-electron chi connectivity index (χ3n) is 8.72. The molecule has 0 heteroatoms. The molecule has 5 atom stereocenters. The average molecular weight is 391 g/mol. The zero-order valence-electron chi connectivity index (χ0n) is 20.0. The van der Waals surface area contributed by atoms with Crippen LogP contribution in [0.25, 0.3) is 0 Å². The summed E-state index contributed by atoms with van der Waals surface area (Å²) in [5.41, 5.74) is 0. The van der Waals surface area contributed by atoms with Gasteiger partial charge in [0.1, 0.15) is 0 Å². The van der Waals surface area contributed by atoms with Gasteiger partial charge in [0.2, 0.25) is 0 Å². The highest BCUT2D eigenvalue weighted by atomic mass is 14.4. The molecule has 0 heterocycles. The van der Waals surface area contributed by atoms with Crippen molar-refractivity contribution in [3.63, 3.8) is 0 Å². The van der Waals surface area contributed by atoms with Crippen LogP contribution in [-0.2, 0) is 0 Å². The second-order valence-corrected chi connectivity index (χ2v) is 10.7. The summed E-state index contributed by atoms with van der Waals surface area (Å²) >= 11 is 0. The third kappa shape index (κ3) is 8.79. The number of hydrogen-bond donors (Lipinski definition) is 0. The molecule has 0 nitrogen and oxygen atoms in total. The lowest BCUT2D eigenvalue weighted by molar-refractivity contribution is 0.116. The summed E-state index contributed by atoms with van der Waals surface area (Å²) in [5.74, 6) is 5.23. The van der Waals surface area contributed by atoms with Crippen LogP contribution in [-0.4, -0.2) is 0 Å². The topological polar surface area (TPSA) is 0 Å². The van der Waals surface area contributed by atoms with Crippen LogP contribution in [0.5, 0.6) is 0 Å². The summed E-state index contributed by atoms with van der Waals surface area (Å²) in [6, 6.07) is 0. The van der Waals surface area contributed by atoms with Crippen LogP contribution < -0.4 is 0 Å². The van der Waals surface area contributed by atoms with E-state index in [2.05, 4.69) is 20.8 Å². The summed E-state index contributed by atoms with van der Waals surface area (Å²) < 4.78 is 0. The molecular formula is C28H54. The van der Waals surface area contributed by atoms with Gasteiger partial charge >= 0.3 is 0 Å². The minimum absolute atomic E-state index is 1.04. The number of rotatable bonds is 5. The molecule has 0 aromatic rings.